The summed E-state index contributed by atoms with van der Waals surface area (Å²) in [5.41, 5.74) is 7.34. The fourth-order valence-corrected chi connectivity index (χ4v) is 3.61. The molecule has 8 heteroatoms. The Bertz CT molecular complexity index is 637. The van der Waals surface area contributed by atoms with Crippen molar-refractivity contribution in [2.45, 2.75) is 11.4 Å². The van der Waals surface area contributed by atoms with Gasteiger partial charge in [0.15, 0.2) is 11.1 Å². The maximum atomic E-state index is 6.16. The van der Waals surface area contributed by atoms with E-state index in [4.69, 9.17) is 5.73 Å². The number of nitrogens with zero attached hydrogens (tertiary/aromatic N) is 4. The van der Waals surface area contributed by atoms with Crippen molar-refractivity contribution in [3.05, 3.63) is 41.4 Å². The van der Waals surface area contributed by atoms with Gasteiger partial charge in [-0.3, -0.25) is 0 Å². The Hall–Kier alpha value is -1.00. The second kappa shape index (κ2) is 9.47. The molecular weight excluding hydrogens is 453 g/mol. The van der Waals surface area contributed by atoms with Crippen LogP contribution < -0.4 is 10.6 Å². The summed E-state index contributed by atoms with van der Waals surface area (Å²) >= 11 is 3.43. The second-order valence-corrected chi connectivity index (χ2v) is 7.06. The van der Waals surface area contributed by atoms with Crippen LogP contribution >= 0.6 is 47.1 Å². The van der Waals surface area contributed by atoms with Crippen molar-refractivity contribution in [1.29, 1.82) is 0 Å². The average Bonchev–Trinajstić information content (AvgIpc) is 3.15. The molecule has 1 aromatic carbocycles. The molecule has 0 saturated carbocycles. The van der Waals surface area contributed by atoms with Crippen molar-refractivity contribution in [2.24, 2.45) is 10.7 Å². The van der Waals surface area contributed by atoms with E-state index in [1.54, 1.807) is 23.1 Å². The van der Waals surface area contributed by atoms with E-state index in [0.29, 0.717) is 12.5 Å². The Morgan fingerprint density at radius 2 is 1.96 bits per heavy atom. The van der Waals surface area contributed by atoms with E-state index in [2.05, 4.69) is 50.3 Å². The first-order chi connectivity index (χ1) is 11.3. The summed E-state index contributed by atoms with van der Waals surface area (Å²) in [5, 5.41) is 3.11. The summed E-state index contributed by atoms with van der Waals surface area (Å²) in [6.07, 6.45) is 3.93. The highest BCUT2D eigenvalue weighted by Gasteiger charge is 2.19. The zero-order valence-electron chi connectivity index (χ0n) is 13.6. The zero-order valence-corrected chi connectivity index (χ0v) is 17.6. The molecule has 0 spiro atoms. The average molecular weight is 475 g/mol. The van der Waals surface area contributed by atoms with E-state index in [1.165, 1.54) is 10.5 Å². The molecule has 130 valence electrons. The largest absolute Gasteiger partial charge is 0.370 e. The van der Waals surface area contributed by atoms with Crippen molar-refractivity contribution < 1.29 is 0 Å². The molecule has 0 aliphatic carbocycles. The summed E-state index contributed by atoms with van der Waals surface area (Å²) in [6.45, 7) is 4.28. The van der Waals surface area contributed by atoms with Gasteiger partial charge in [0.2, 0.25) is 0 Å². The maximum absolute atomic E-state index is 6.16. The van der Waals surface area contributed by atoms with Crippen LogP contribution in [0.4, 0.5) is 5.13 Å². The summed E-state index contributed by atoms with van der Waals surface area (Å²) in [5.74, 6) is 0.637. The fraction of sp³-hybridized carbons (Fsp3) is 0.375. The van der Waals surface area contributed by atoms with Gasteiger partial charge in [0.05, 0.1) is 6.54 Å². The molecule has 0 bridgehead atoms. The molecule has 3 rings (SSSR count). The van der Waals surface area contributed by atoms with Gasteiger partial charge < -0.3 is 15.5 Å². The molecule has 2 N–H and O–H groups in total. The van der Waals surface area contributed by atoms with Gasteiger partial charge in [-0.15, -0.1) is 47.1 Å². The van der Waals surface area contributed by atoms with E-state index >= 15 is 0 Å². The van der Waals surface area contributed by atoms with Crippen LogP contribution in [-0.4, -0.2) is 48.3 Å². The minimum atomic E-state index is 0. The van der Waals surface area contributed by atoms with Gasteiger partial charge in [0.1, 0.15) is 0 Å². The molecule has 0 amide bonds. The molecule has 2 heterocycles. The number of thiazole rings is 1. The summed E-state index contributed by atoms with van der Waals surface area (Å²) in [4.78, 5) is 14.6. The van der Waals surface area contributed by atoms with Gasteiger partial charge in [-0.1, -0.05) is 12.1 Å². The van der Waals surface area contributed by atoms with Crippen LogP contribution in [0, 0.1) is 0 Å². The number of thioether (sulfide) groups is 1. The third-order valence-corrected chi connectivity index (χ3v) is 5.45. The molecule has 1 fully saturated rings. The lowest BCUT2D eigenvalue weighted by molar-refractivity contribution is 0.380. The van der Waals surface area contributed by atoms with E-state index in [1.807, 2.05) is 11.6 Å². The highest BCUT2D eigenvalue weighted by Crippen LogP contribution is 2.19. The summed E-state index contributed by atoms with van der Waals surface area (Å²) in [7, 11) is 0. The summed E-state index contributed by atoms with van der Waals surface area (Å²) < 4.78 is 0. The van der Waals surface area contributed by atoms with Gasteiger partial charge in [0.25, 0.3) is 0 Å². The molecule has 24 heavy (non-hydrogen) atoms. The monoisotopic (exact) mass is 475 g/mol. The normalized spacial score (nSPS) is 15.3. The number of piperazine rings is 1. The lowest BCUT2D eigenvalue weighted by Gasteiger charge is -2.35. The van der Waals surface area contributed by atoms with Crippen molar-refractivity contribution >= 4 is 58.2 Å². The number of anilines is 1. The van der Waals surface area contributed by atoms with Gasteiger partial charge in [0, 0.05) is 42.7 Å². The Kier molecular flexibility index (Phi) is 7.63. The molecule has 2 aromatic rings. The first-order valence-corrected chi connectivity index (χ1v) is 9.69. The topological polar surface area (TPSA) is 57.8 Å². The molecule has 5 nitrogen and oxygen atoms in total. The number of rotatable bonds is 4. The molecule has 0 atom stereocenters. The predicted molar refractivity (Wildman–Crippen MR) is 115 cm³/mol. The van der Waals surface area contributed by atoms with Crippen LogP contribution in [0.2, 0.25) is 0 Å². The number of aliphatic imine (C=N–C) groups is 1. The number of guanidine groups is 1. The number of halogens is 1. The molecule has 1 aromatic heterocycles. The van der Waals surface area contributed by atoms with Crippen LogP contribution in [-0.2, 0) is 6.54 Å². The van der Waals surface area contributed by atoms with Gasteiger partial charge in [-0.25, -0.2) is 9.98 Å². The first-order valence-electron chi connectivity index (χ1n) is 7.58. The van der Waals surface area contributed by atoms with Crippen molar-refractivity contribution in [3.63, 3.8) is 0 Å². The molecule has 1 aliphatic rings. The quantitative estimate of drug-likeness (QED) is 0.319. The summed E-state index contributed by atoms with van der Waals surface area (Å²) in [6, 6.07) is 8.48. The first kappa shape index (κ1) is 19.3. The van der Waals surface area contributed by atoms with E-state index in [0.717, 1.165) is 31.3 Å². The highest BCUT2D eigenvalue weighted by molar-refractivity contribution is 14.0. The smallest absolute Gasteiger partial charge is 0.191 e. The van der Waals surface area contributed by atoms with E-state index < -0.39 is 0 Å². The van der Waals surface area contributed by atoms with Crippen LogP contribution in [0.3, 0.4) is 0 Å². The number of benzene rings is 1. The van der Waals surface area contributed by atoms with Crippen LogP contribution in [0.25, 0.3) is 0 Å². The third kappa shape index (κ3) is 5.00. The van der Waals surface area contributed by atoms with Crippen LogP contribution in [0.1, 0.15) is 5.56 Å². The fourth-order valence-electron chi connectivity index (χ4n) is 2.50. The number of hydrogen-bond donors (Lipinski definition) is 1. The molecular formula is C16H22IN5S2. The van der Waals surface area contributed by atoms with Gasteiger partial charge in [-0.2, -0.15) is 0 Å². The molecule has 0 radical (unpaired) electrons. The molecule has 1 aliphatic heterocycles. The van der Waals surface area contributed by atoms with Crippen LogP contribution in [0.5, 0.6) is 0 Å². The van der Waals surface area contributed by atoms with Gasteiger partial charge in [-0.05, 0) is 24.0 Å². The molecule has 0 unspecified atom stereocenters. The lowest BCUT2D eigenvalue weighted by Crippen LogP contribution is -2.51. The highest BCUT2D eigenvalue weighted by atomic mass is 127. The van der Waals surface area contributed by atoms with Crippen LogP contribution in [0.15, 0.2) is 45.7 Å². The van der Waals surface area contributed by atoms with E-state index in [9.17, 15) is 0 Å². The number of nitrogens with two attached hydrogens (primary N) is 1. The number of hydrogen-bond acceptors (Lipinski definition) is 5. The Morgan fingerprint density at radius 1 is 1.25 bits per heavy atom. The lowest BCUT2D eigenvalue weighted by atomic mass is 10.2. The van der Waals surface area contributed by atoms with E-state index in [-0.39, 0.29) is 24.0 Å². The second-order valence-electron chi connectivity index (χ2n) is 5.31. The van der Waals surface area contributed by atoms with Gasteiger partial charge >= 0.3 is 0 Å². The zero-order chi connectivity index (χ0) is 16.1. The minimum Gasteiger partial charge on any atom is -0.370 e. The SMILES string of the molecule is CSc1ccc(CN=C(N)N2CCN(c3nccs3)CC2)cc1.I. The standard InChI is InChI=1S/C16H21N5S2.HI/c1-22-14-4-2-13(3-5-14)12-19-15(17)20-7-9-21(10-8-20)16-18-6-11-23-16;/h2-6,11H,7-10,12H2,1H3,(H2,17,19);1H. The van der Waals surface area contributed by atoms with Crippen molar-refractivity contribution in [1.82, 2.24) is 9.88 Å². The third-order valence-electron chi connectivity index (χ3n) is 3.88. The number of aromatic nitrogens is 1. The van der Waals surface area contributed by atoms with Crippen molar-refractivity contribution in [3.8, 4) is 0 Å². The maximum Gasteiger partial charge on any atom is 0.191 e. The van der Waals surface area contributed by atoms with Crippen molar-refractivity contribution in [2.75, 3.05) is 37.3 Å². The Labute approximate surface area is 168 Å². The minimum absolute atomic E-state index is 0. The predicted octanol–water partition coefficient (Wildman–Crippen LogP) is 3.12. The Morgan fingerprint density at radius 3 is 2.54 bits per heavy atom. The Balaban J connectivity index is 0.00000208. The molecule has 1 saturated heterocycles.